The van der Waals surface area contributed by atoms with E-state index >= 15 is 0 Å². The summed E-state index contributed by atoms with van der Waals surface area (Å²) in [7, 11) is 0. The van der Waals surface area contributed by atoms with Gasteiger partial charge in [0.25, 0.3) is 5.91 Å². The summed E-state index contributed by atoms with van der Waals surface area (Å²) in [6, 6.07) is 20.3. The first kappa shape index (κ1) is 17.2. The summed E-state index contributed by atoms with van der Waals surface area (Å²) < 4.78 is 2.13. The molecule has 2 fully saturated rings. The number of nitrogens with zero attached hydrogens (tertiary/aromatic N) is 3. The van der Waals surface area contributed by atoms with E-state index in [1.165, 1.54) is 16.9 Å². The molecule has 1 saturated carbocycles. The van der Waals surface area contributed by atoms with Crippen molar-refractivity contribution in [3.8, 4) is 5.69 Å². The van der Waals surface area contributed by atoms with Crippen molar-refractivity contribution in [3.05, 3.63) is 83.2 Å². The second kappa shape index (κ2) is 6.33. The highest BCUT2D eigenvalue weighted by atomic mass is 16.2. The van der Waals surface area contributed by atoms with E-state index in [9.17, 15) is 4.79 Å². The molecule has 0 unspecified atom stereocenters. The van der Waals surface area contributed by atoms with Crippen LogP contribution < -0.4 is 0 Å². The van der Waals surface area contributed by atoms with Crippen molar-refractivity contribution in [2.75, 3.05) is 13.1 Å². The Labute approximate surface area is 165 Å². The standard InChI is InChI=1S/C24H25N3O/c1-17-8-6-7-11-21(17)27-22(12-18(2)25-27)20-13-24(14-20)15-26(16-24)23(28)19-9-4-3-5-10-19/h3-12,20H,13-16H2,1-2H3. The lowest BCUT2D eigenvalue weighted by Gasteiger charge is -2.59. The van der Waals surface area contributed by atoms with Crippen molar-refractivity contribution < 1.29 is 4.79 Å². The van der Waals surface area contributed by atoms with Gasteiger partial charge in [-0.15, -0.1) is 0 Å². The maximum Gasteiger partial charge on any atom is 0.253 e. The molecule has 4 heteroatoms. The molecule has 142 valence electrons. The van der Waals surface area contributed by atoms with Gasteiger partial charge in [0.15, 0.2) is 0 Å². The van der Waals surface area contributed by atoms with E-state index in [1.807, 2.05) is 35.2 Å². The smallest absolute Gasteiger partial charge is 0.253 e. The number of likely N-dealkylation sites (tertiary alicyclic amines) is 1. The summed E-state index contributed by atoms with van der Waals surface area (Å²) in [6.07, 6.45) is 2.28. The van der Waals surface area contributed by atoms with E-state index in [2.05, 4.69) is 48.9 Å². The summed E-state index contributed by atoms with van der Waals surface area (Å²) in [5, 5.41) is 4.77. The molecule has 0 atom stereocenters. The Kier molecular flexibility index (Phi) is 3.90. The first-order valence-electron chi connectivity index (χ1n) is 10.0. The van der Waals surface area contributed by atoms with Gasteiger partial charge < -0.3 is 4.90 Å². The van der Waals surface area contributed by atoms with Gasteiger partial charge in [0.1, 0.15) is 0 Å². The van der Waals surface area contributed by atoms with E-state index < -0.39 is 0 Å². The largest absolute Gasteiger partial charge is 0.337 e. The molecule has 0 N–H and O–H groups in total. The van der Waals surface area contributed by atoms with Gasteiger partial charge in [0.05, 0.1) is 11.4 Å². The third-order valence-corrected chi connectivity index (χ3v) is 6.34. The SMILES string of the molecule is Cc1cc(C2CC3(C2)CN(C(=O)c2ccccc2)C3)n(-c2ccccc2C)n1. The Hall–Kier alpha value is -2.88. The highest BCUT2D eigenvalue weighted by molar-refractivity contribution is 5.94. The summed E-state index contributed by atoms with van der Waals surface area (Å²) in [4.78, 5) is 14.6. The van der Waals surface area contributed by atoms with Crippen molar-refractivity contribution in [2.45, 2.75) is 32.6 Å². The van der Waals surface area contributed by atoms with E-state index in [0.29, 0.717) is 11.3 Å². The summed E-state index contributed by atoms with van der Waals surface area (Å²) in [5.74, 6) is 0.685. The molecule has 2 aliphatic rings. The Morgan fingerprint density at radius 1 is 1.00 bits per heavy atom. The number of amides is 1. The fourth-order valence-corrected chi connectivity index (χ4v) is 4.93. The first-order valence-corrected chi connectivity index (χ1v) is 10.0. The van der Waals surface area contributed by atoms with Crippen LogP contribution in [-0.2, 0) is 0 Å². The number of rotatable bonds is 3. The molecule has 28 heavy (non-hydrogen) atoms. The van der Waals surface area contributed by atoms with Crippen LogP contribution in [0.2, 0.25) is 0 Å². The zero-order chi connectivity index (χ0) is 19.3. The van der Waals surface area contributed by atoms with Crippen molar-refractivity contribution in [1.29, 1.82) is 0 Å². The van der Waals surface area contributed by atoms with E-state index in [0.717, 1.165) is 37.2 Å². The third-order valence-electron chi connectivity index (χ3n) is 6.34. The quantitative estimate of drug-likeness (QED) is 0.679. The molecule has 1 amide bonds. The molecular weight excluding hydrogens is 346 g/mol. The molecule has 2 aromatic carbocycles. The molecule has 1 aromatic heterocycles. The van der Waals surface area contributed by atoms with Crippen LogP contribution in [0.5, 0.6) is 0 Å². The zero-order valence-corrected chi connectivity index (χ0v) is 16.4. The van der Waals surface area contributed by atoms with Crippen LogP contribution in [0.15, 0.2) is 60.7 Å². The number of aryl methyl sites for hydroxylation is 2. The highest BCUT2D eigenvalue weighted by Crippen LogP contribution is 2.56. The molecule has 1 saturated heterocycles. The number of carbonyl (C=O) groups excluding carboxylic acids is 1. The second-order valence-electron chi connectivity index (χ2n) is 8.54. The maximum absolute atomic E-state index is 12.6. The number of benzene rings is 2. The third kappa shape index (κ3) is 2.75. The Bertz CT molecular complexity index is 1020. The van der Waals surface area contributed by atoms with E-state index in [-0.39, 0.29) is 5.91 Å². The topological polar surface area (TPSA) is 38.1 Å². The van der Waals surface area contributed by atoms with Crippen LogP contribution >= 0.6 is 0 Å². The lowest BCUT2D eigenvalue weighted by atomic mass is 9.57. The van der Waals surface area contributed by atoms with E-state index in [1.54, 1.807) is 0 Å². The molecule has 1 aliphatic heterocycles. The summed E-state index contributed by atoms with van der Waals surface area (Å²) in [6.45, 7) is 5.97. The van der Waals surface area contributed by atoms with Crippen LogP contribution in [0.1, 0.15) is 46.1 Å². The van der Waals surface area contributed by atoms with Crippen molar-refractivity contribution in [2.24, 2.45) is 5.41 Å². The predicted octanol–water partition coefficient (Wildman–Crippen LogP) is 4.51. The van der Waals surface area contributed by atoms with Crippen LogP contribution in [0.3, 0.4) is 0 Å². The summed E-state index contributed by atoms with van der Waals surface area (Å²) >= 11 is 0. The van der Waals surface area contributed by atoms with Gasteiger partial charge in [-0.3, -0.25) is 4.79 Å². The van der Waals surface area contributed by atoms with Crippen LogP contribution in [-0.4, -0.2) is 33.7 Å². The monoisotopic (exact) mass is 371 g/mol. The second-order valence-corrected chi connectivity index (χ2v) is 8.54. The molecule has 2 heterocycles. The fraction of sp³-hybridized carbons (Fsp3) is 0.333. The average Bonchev–Trinajstić information content (AvgIpc) is 3.01. The summed E-state index contributed by atoms with van der Waals surface area (Å²) in [5.41, 5.74) is 5.88. The minimum absolute atomic E-state index is 0.162. The minimum Gasteiger partial charge on any atom is -0.337 e. The van der Waals surface area contributed by atoms with Gasteiger partial charge in [-0.05, 0) is 56.5 Å². The first-order chi connectivity index (χ1) is 13.5. The fourth-order valence-electron chi connectivity index (χ4n) is 4.93. The average molecular weight is 371 g/mol. The molecule has 3 aromatic rings. The van der Waals surface area contributed by atoms with Gasteiger partial charge in [0, 0.05) is 35.7 Å². The number of aromatic nitrogens is 2. The number of hydrogen-bond donors (Lipinski definition) is 0. The van der Waals surface area contributed by atoms with E-state index in [4.69, 9.17) is 5.10 Å². The van der Waals surface area contributed by atoms with Gasteiger partial charge in [-0.1, -0.05) is 36.4 Å². The van der Waals surface area contributed by atoms with Crippen LogP contribution in [0.4, 0.5) is 0 Å². The molecule has 1 spiro atoms. The zero-order valence-electron chi connectivity index (χ0n) is 16.4. The maximum atomic E-state index is 12.6. The Morgan fingerprint density at radius 2 is 1.68 bits per heavy atom. The van der Waals surface area contributed by atoms with Crippen molar-refractivity contribution in [3.63, 3.8) is 0 Å². The number of hydrogen-bond acceptors (Lipinski definition) is 2. The number of carbonyl (C=O) groups is 1. The highest BCUT2D eigenvalue weighted by Gasteiger charge is 2.54. The van der Waals surface area contributed by atoms with Crippen LogP contribution in [0, 0.1) is 19.3 Å². The van der Waals surface area contributed by atoms with Crippen LogP contribution in [0.25, 0.3) is 5.69 Å². The van der Waals surface area contributed by atoms with Gasteiger partial charge in [0.2, 0.25) is 0 Å². The van der Waals surface area contributed by atoms with Gasteiger partial charge in [-0.2, -0.15) is 5.10 Å². The van der Waals surface area contributed by atoms with Crippen molar-refractivity contribution >= 4 is 5.91 Å². The van der Waals surface area contributed by atoms with Gasteiger partial charge >= 0.3 is 0 Å². The van der Waals surface area contributed by atoms with Crippen molar-refractivity contribution in [1.82, 2.24) is 14.7 Å². The Morgan fingerprint density at radius 3 is 2.39 bits per heavy atom. The molecule has 4 nitrogen and oxygen atoms in total. The van der Waals surface area contributed by atoms with Gasteiger partial charge in [-0.25, -0.2) is 4.68 Å². The molecular formula is C24H25N3O. The Balaban J connectivity index is 1.29. The molecule has 5 rings (SSSR count). The number of para-hydroxylation sites is 1. The molecule has 1 aliphatic carbocycles. The molecule has 0 bridgehead atoms. The normalized spacial score (nSPS) is 18.0. The molecule has 0 radical (unpaired) electrons. The lowest BCUT2D eigenvalue weighted by molar-refractivity contribution is -0.0565. The predicted molar refractivity (Wildman–Crippen MR) is 110 cm³/mol. The lowest BCUT2D eigenvalue weighted by Crippen LogP contribution is -2.63. The minimum atomic E-state index is 0.162.